The number of rotatable bonds is 5. The molecule has 10 heteroatoms. The predicted molar refractivity (Wildman–Crippen MR) is 117 cm³/mol. The molecule has 6 nitrogen and oxygen atoms in total. The Labute approximate surface area is 188 Å². The van der Waals surface area contributed by atoms with E-state index in [-0.39, 0.29) is 21.9 Å². The highest BCUT2D eigenvalue weighted by molar-refractivity contribution is 6.36. The Bertz CT molecular complexity index is 1090. The molecule has 0 spiro atoms. The molecule has 1 saturated heterocycles. The molecule has 3 heterocycles. The lowest BCUT2D eigenvalue weighted by Gasteiger charge is -2.26. The maximum absolute atomic E-state index is 14.2. The van der Waals surface area contributed by atoms with Gasteiger partial charge in [0.05, 0.1) is 17.3 Å². The van der Waals surface area contributed by atoms with Crippen molar-refractivity contribution in [2.75, 3.05) is 18.8 Å². The van der Waals surface area contributed by atoms with Gasteiger partial charge in [-0.2, -0.15) is 5.10 Å². The van der Waals surface area contributed by atoms with Crippen molar-refractivity contribution in [1.82, 2.24) is 20.1 Å². The van der Waals surface area contributed by atoms with Crippen molar-refractivity contribution in [3.8, 4) is 16.9 Å². The Balaban J connectivity index is 1.59. The predicted octanol–water partition coefficient (Wildman–Crippen LogP) is 4.99. The molecule has 164 valence electrons. The molecular formula is C21H21Cl2F2N5O. The molecule has 0 bridgehead atoms. The SMILES string of the molecule is CC(Oc1cc(-c2cnn(C3CCNCC3F)c2)cnc1N)c1c(Cl)ccc(F)c1Cl. The van der Waals surface area contributed by atoms with E-state index >= 15 is 0 Å². The van der Waals surface area contributed by atoms with Crippen LogP contribution in [0.15, 0.2) is 36.8 Å². The van der Waals surface area contributed by atoms with Crippen LogP contribution >= 0.6 is 23.2 Å². The van der Waals surface area contributed by atoms with Gasteiger partial charge in [0.25, 0.3) is 0 Å². The number of piperidine rings is 1. The molecule has 0 aliphatic carbocycles. The summed E-state index contributed by atoms with van der Waals surface area (Å²) in [6, 6.07) is 4.00. The van der Waals surface area contributed by atoms with Crippen LogP contribution in [0, 0.1) is 5.82 Å². The fourth-order valence-electron chi connectivity index (χ4n) is 3.65. The average Bonchev–Trinajstić information content (AvgIpc) is 3.23. The molecule has 3 unspecified atom stereocenters. The minimum Gasteiger partial charge on any atom is -0.482 e. The maximum atomic E-state index is 14.2. The van der Waals surface area contributed by atoms with Crippen LogP contribution in [-0.2, 0) is 0 Å². The highest BCUT2D eigenvalue weighted by Crippen LogP contribution is 2.37. The number of nitrogens with two attached hydrogens (primary N) is 1. The number of pyridine rings is 1. The summed E-state index contributed by atoms with van der Waals surface area (Å²) in [5, 5.41) is 7.54. The van der Waals surface area contributed by atoms with E-state index in [2.05, 4.69) is 15.4 Å². The van der Waals surface area contributed by atoms with Gasteiger partial charge in [-0.3, -0.25) is 4.68 Å². The Kier molecular flexibility index (Phi) is 6.31. The summed E-state index contributed by atoms with van der Waals surface area (Å²) < 4.78 is 35.7. The third kappa shape index (κ3) is 4.46. The number of nitrogens with zero attached hydrogens (tertiary/aromatic N) is 3. The van der Waals surface area contributed by atoms with Gasteiger partial charge in [-0.25, -0.2) is 13.8 Å². The Morgan fingerprint density at radius 1 is 1.29 bits per heavy atom. The highest BCUT2D eigenvalue weighted by Gasteiger charge is 2.27. The van der Waals surface area contributed by atoms with Crippen LogP contribution < -0.4 is 15.8 Å². The number of anilines is 1. The van der Waals surface area contributed by atoms with E-state index in [0.717, 1.165) is 12.1 Å². The van der Waals surface area contributed by atoms with Gasteiger partial charge in [0.15, 0.2) is 11.6 Å². The summed E-state index contributed by atoms with van der Waals surface area (Å²) in [7, 11) is 0. The number of hydrogen-bond acceptors (Lipinski definition) is 5. The van der Waals surface area contributed by atoms with Crippen molar-refractivity contribution < 1.29 is 13.5 Å². The van der Waals surface area contributed by atoms with Crippen molar-refractivity contribution in [3.05, 3.63) is 58.2 Å². The molecule has 3 N–H and O–H groups in total. The lowest BCUT2D eigenvalue weighted by atomic mass is 10.1. The van der Waals surface area contributed by atoms with E-state index in [4.69, 9.17) is 33.7 Å². The molecule has 0 saturated carbocycles. The third-order valence-electron chi connectivity index (χ3n) is 5.32. The first-order chi connectivity index (χ1) is 14.8. The Morgan fingerprint density at radius 3 is 2.87 bits per heavy atom. The normalized spacial score (nSPS) is 19.9. The van der Waals surface area contributed by atoms with Crippen LogP contribution in [0.2, 0.25) is 10.0 Å². The number of alkyl halides is 1. The summed E-state index contributed by atoms with van der Waals surface area (Å²) in [5.74, 6) is -0.138. The van der Waals surface area contributed by atoms with Gasteiger partial charge >= 0.3 is 0 Å². The van der Waals surface area contributed by atoms with Crippen molar-refractivity contribution >= 4 is 29.0 Å². The largest absolute Gasteiger partial charge is 0.482 e. The fourth-order valence-corrected chi connectivity index (χ4v) is 4.32. The van der Waals surface area contributed by atoms with E-state index in [1.807, 2.05) is 0 Å². The number of ether oxygens (including phenoxy) is 1. The van der Waals surface area contributed by atoms with Crippen molar-refractivity contribution in [2.24, 2.45) is 0 Å². The number of nitrogens with one attached hydrogen (secondary N) is 1. The lowest BCUT2D eigenvalue weighted by molar-refractivity contribution is 0.173. The second-order valence-electron chi connectivity index (χ2n) is 7.41. The van der Waals surface area contributed by atoms with Gasteiger partial charge in [0.1, 0.15) is 18.1 Å². The highest BCUT2D eigenvalue weighted by atomic mass is 35.5. The zero-order valence-corrected chi connectivity index (χ0v) is 18.2. The van der Waals surface area contributed by atoms with Crippen molar-refractivity contribution in [2.45, 2.75) is 31.7 Å². The molecule has 4 rings (SSSR count). The molecule has 31 heavy (non-hydrogen) atoms. The third-order valence-corrected chi connectivity index (χ3v) is 6.03. The molecule has 3 aromatic rings. The van der Waals surface area contributed by atoms with E-state index in [0.29, 0.717) is 29.8 Å². The van der Waals surface area contributed by atoms with Crippen molar-refractivity contribution in [1.29, 1.82) is 0 Å². The minimum absolute atomic E-state index is 0.105. The molecule has 1 aliphatic heterocycles. The first-order valence-electron chi connectivity index (χ1n) is 9.80. The molecular weight excluding hydrogens is 447 g/mol. The number of nitrogen functional groups attached to an aromatic ring is 1. The van der Waals surface area contributed by atoms with Gasteiger partial charge in [-0.05, 0) is 38.1 Å². The van der Waals surface area contributed by atoms with E-state index in [9.17, 15) is 8.78 Å². The first-order valence-corrected chi connectivity index (χ1v) is 10.6. The molecule has 0 amide bonds. The van der Waals surface area contributed by atoms with Gasteiger partial charge in [-0.15, -0.1) is 0 Å². The topological polar surface area (TPSA) is 78.0 Å². The molecule has 3 atom stereocenters. The molecule has 1 aromatic carbocycles. The van der Waals surface area contributed by atoms with Crippen LogP contribution in [0.1, 0.15) is 31.1 Å². The van der Waals surface area contributed by atoms with Gasteiger partial charge in [0.2, 0.25) is 0 Å². The van der Waals surface area contributed by atoms with E-state index in [1.54, 1.807) is 36.3 Å². The van der Waals surface area contributed by atoms with Gasteiger partial charge in [0, 0.05) is 40.7 Å². The summed E-state index contributed by atoms with van der Waals surface area (Å²) in [5.41, 5.74) is 7.75. The standard InChI is InChI=1S/C21H21Cl2F2N5O/c1-11(19-14(22)2-3-15(24)20(19)23)31-18-6-12(7-28-21(18)26)13-8-29-30(10-13)17-4-5-27-9-16(17)25/h2-3,6-8,10-11,16-17,27H,4-5,9H2,1H3,(H2,26,28). The fraction of sp³-hybridized carbons (Fsp3) is 0.333. The second kappa shape index (κ2) is 8.98. The van der Waals surface area contributed by atoms with Crippen LogP contribution in [0.5, 0.6) is 5.75 Å². The van der Waals surface area contributed by atoms with Crippen molar-refractivity contribution in [3.63, 3.8) is 0 Å². The average molecular weight is 468 g/mol. The smallest absolute Gasteiger partial charge is 0.166 e. The monoisotopic (exact) mass is 467 g/mol. The number of halogens is 4. The van der Waals surface area contributed by atoms with Crippen LogP contribution in [0.3, 0.4) is 0 Å². The Morgan fingerprint density at radius 2 is 2.10 bits per heavy atom. The van der Waals surface area contributed by atoms with Gasteiger partial charge in [-0.1, -0.05) is 23.2 Å². The minimum atomic E-state index is -1.01. The molecule has 1 aliphatic rings. The zero-order valence-electron chi connectivity index (χ0n) is 16.7. The van der Waals surface area contributed by atoms with Crippen LogP contribution in [-0.4, -0.2) is 34.0 Å². The second-order valence-corrected chi connectivity index (χ2v) is 8.19. The molecule has 1 fully saturated rings. The molecule has 2 aromatic heterocycles. The summed E-state index contributed by atoms with van der Waals surface area (Å²) in [6.45, 7) is 2.74. The lowest BCUT2D eigenvalue weighted by Crippen LogP contribution is -2.39. The number of hydrogen-bond donors (Lipinski definition) is 2. The summed E-state index contributed by atoms with van der Waals surface area (Å²) >= 11 is 12.3. The zero-order chi connectivity index (χ0) is 22.1. The maximum Gasteiger partial charge on any atom is 0.166 e. The van der Waals surface area contributed by atoms with Gasteiger partial charge < -0.3 is 15.8 Å². The van der Waals surface area contributed by atoms with Crippen LogP contribution in [0.25, 0.3) is 11.1 Å². The number of aromatic nitrogens is 3. The van der Waals surface area contributed by atoms with E-state index in [1.165, 1.54) is 12.1 Å². The van der Waals surface area contributed by atoms with Crippen LogP contribution in [0.4, 0.5) is 14.6 Å². The summed E-state index contributed by atoms with van der Waals surface area (Å²) in [6.07, 6.45) is 3.99. The Hall–Kier alpha value is -2.42. The summed E-state index contributed by atoms with van der Waals surface area (Å²) in [4.78, 5) is 4.19. The quantitative estimate of drug-likeness (QED) is 0.517. The first kappa shape index (κ1) is 21.8. The molecule has 0 radical (unpaired) electrons. The van der Waals surface area contributed by atoms with E-state index < -0.39 is 18.1 Å². The number of benzene rings is 1.